The van der Waals surface area contributed by atoms with Crippen LogP contribution in [-0.4, -0.2) is 40.3 Å². The van der Waals surface area contributed by atoms with E-state index in [1.807, 2.05) is 0 Å². The molecule has 3 atom stereocenters. The van der Waals surface area contributed by atoms with Crippen molar-refractivity contribution in [2.75, 3.05) is 6.61 Å². The summed E-state index contributed by atoms with van der Waals surface area (Å²) >= 11 is 11.7. The summed E-state index contributed by atoms with van der Waals surface area (Å²) in [5.41, 5.74) is -0.390. The number of esters is 2. The van der Waals surface area contributed by atoms with Gasteiger partial charge in [0.1, 0.15) is 25.0 Å². The average Bonchev–Trinajstić information content (AvgIpc) is 3.23. The van der Waals surface area contributed by atoms with Gasteiger partial charge >= 0.3 is 17.6 Å². The number of halogens is 2. The number of rotatable bonds is 6. The predicted molar refractivity (Wildman–Crippen MR) is 127 cm³/mol. The number of nitrogens with zero attached hydrogens (tertiary/aromatic N) is 1. The first kappa shape index (κ1) is 24.7. The molecule has 2 heterocycles. The molecule has 3 aromatic rings. The normalized spacial score (nSPS) is 19.3. The molecule has 1 saturated heterocycles. The van der Waals surface area contributed by atoms with Gasteiger partial charge in [-0.15, -0.1) is 0 Å². The van der Waals surface area contributed by atoms with Crippen LogP contribution < -0.4 is 11.2 Å². The second kappa shape index (κ2) is 10.5. The Bertz CT molecular complexity index is 1350. The van der Waals surface area contributed by atoms with Crippen molar-refractivity contribution in [3.8, 4) is 0 Å². The number of hydrogen-bond donors (Lipinski definition) is 1. The van der Waals surface area contributed by atoms with E-state index >= 15 is 0 Å². The highest BCUT2D eigenvalue weighted by molar-refractivity contribution is 6.31. The molecule has 0 radical (unpaired) electrons. The molecule has 4 rings (SSSR count). The van der Waals surface area contributed by atoms with Crippen LogP contribution in [0, 0.1) is 6.92 Å². The van der Waals surface area contributed by atoms with Crippen LogP contribution >= 0.6 is 23.2 Å². The molecular formula is C24H20Cl2N2O7. The van der Waals surface area contributed by atoms with E-state index in [1.54, 1.807) is 31.2 Å². The van der Waals surface area contributed by atoms with Gasteiger partial charge in [0.05, 0.1) is 11.1 Å². The molecule has 0 bridgehead atoms. The Kier molecular flexibility index (Phi) is 7.39. The lowest BCUT2D eigenvalue weighted by molar-refractivity contribution is -0.0590. The maximum Gasteiger partial charge on any atom is 0.338 e. The van der Waals surface area contributed by atoms with Gasteiger partial charge in [0.15, 0.2) is 0 Å². The first-order chi connectivity index (χ1) is 16.7. The van der Waals surface area contributed by atoms with E-state index in [2.05, 4.69) is 4.98 Å². The van der Waals surface area contributed by atoms with Crippen molar-refractivity contribution in [3.63, 3.8) is 0 Å². The van der Waals surface area contributed by atoms with Crippen LogP contribution in [0.2, 0.25) is 10.0 Å². The van der Waals surface area contributed by atoms with Crippen molar-refractivity contribution in [2.45, 2.75) is 31.8 Å². The molecule has 1 aromatic heterocycles. The summed E-state index contributed by atoms with van der Waals surface area (Å²) in [5, 5.41) is 0.919. The lowest BCUT2D eigenvalue weighted by Crippen LogP contribution is -2.39. The molecule has 0 aliphatic carbocycles. The molecule has 1 aliphatic rings. The maximum absolute atomic E-state index is 12.7. The third-order valence-corrected chi connectivity index (χ3v) is 5.96. The van der Waals surface area contributed by atoms with Gasteiger partial charge < -0.3 is 19.2 Å². The molecule has 1 unspecified atom stereocenters. The van der Waals surface area contributed by atoms with Crippen LogP contribution in [0.15, 0.2) is 64.3 Å². The van der Waals surface area contributed by atoms with Crippen LogP contribution in [-0.2, 0) is 14.2 Å². The highest BCUT2D eigenvalue weighted by Crippen LogP contribution is 2.30. The predicted octanol–water partition coefficient (Wildman–Crippen LogP) is 3.52. The number of carbonyl (C=O) groups excluding carboxylic acids is 2. The molecule has 11 heteroatoms. The molecule has 0 saturated carbocycles. The molecule has 1 fully saturated rings. The zero-order valence-electron chi connectivity index (χ0n) is 18.4. The summed E-state index contributed by atoms with van der Waals surface area (Å²) in [5.74, 6) is -1.29. The number of hydrogen-bond acceptors (Lipinski definition) is 7. The molecule has 182 valence electrons. The number of nitrogens with one attached hydrogen (secondary N) is 1. The van der Waals surface area contributed by atoms with E-state index < -0.39 is 41.6 Å². The number of aromatic amines is 1. The lowest BCUT2D eigenvalue weighted by Gasteiger charge is -2.19. The van der Waals surface area contributed by atoms with Crippen LogP contribution in [0.25, 0.3) is 0 Å². The van der Waals surface area contributed by atoms with E-state index in [-0.39, 0.29) is 24.2 Å². The fraction of sp³-hybridized carbons (Fsp3) is 0.250. The largest absolute Gasteiger partial charge is 0.459 e. The van der Waals surface area contributed by atoms with Crippen molar-refractivity contribution < 1.29 is 23.8 Å². The molecule has 35 heavy (non-hydrogen) atoms. The fourth-order valence-corrected chi connectivity index (χ4v) is 3.85. The van der Waals surface area contributed by atoms with Gasteiger partial charge in [-0.25, -0.2) is 19.0 Å². The molecular weight excluding hydrogens is 499 g/mol. The Hall–Kier alpha value is -3.40. The summed E-state index contributed by atoms with van der Waals surface area (Å²) in [7, 11) is 0. The highest BCUT2D eigenvalue weighted by Gasteiger charge is 2.41. The van der Waals surface area contributed by atoms with E-state index in [4.69, 9.17) is 37.4 Å². The van der Waals surface area contributed by atoms with Crippen molar-refractivity contribution >= 4 is 35.1 Å². The van der Waals surface area contributed by atoms with Crippen molar-refractivity contribution in [1.29, 1.82) is 0 Å². The van der Waals surface area contributed by atoms with Gasteiger partial charge in [-0.05, 0) is 55.5 Å². The zero-order chi connectivity index (χ0) is 25.1. The molecule has 1 N–H and O–H groups in total. The topological polar surface area (TPSA) is 117 Å². The van der Waals surface area contributed by atoms with Gasteiger partial charge in [0.25, 0.3) is 5.56 Å². The monoisotopic (exact) mass is 518 g/mol. The van der Waals surface area contributed by atoms with E-state index in [1.165, 1.54) is 30.5 Å². The minimum absolute atomic E-state index is 0.00503. The first-order valence-electron chi connectivity index (χ1n) is 10.6. The third-order valence-electron chi connectivity index (χ3n) is 5.45. The number of ether oxygens (including phenoxy) is 3. The van der Waals surface area contributed by atoms with E-state index in [0.29, 0.717) is 15.6 Å². The molecule has 0 spiro atoms. The van der Waals surface area contributed by atoms with Crippen LogP contribution in [0.5, 0.6) is 0 Å². The van der Waals surface area contributed by atoms with Gasteiger partial charge in [-0.1, -0.05) is 23.2 Å². The molecule has 2 aromatic carbocycles. The van der Waals surface area contributed by atoms with Crippen molar-refractivity contribution in [2.24, 2.45) is 0 Å². The zero-order valence-corrected chi connectivity index (χ0v) is 19.9. The van der Waals surface area contributed by atoms with Gasteiger partial charge in [-0.3, -0.25) is 4.79 Å². The maximum atomic E-state index is 12.7. The molecule has 9 nitrogen and oxygen atoms in total. The second-order valence-electron chi connectivity index (χ2n) is 7.87. The summed E-state index contributed by atoms with van der Waals surface area (Å²) in [6, 6.07) is 12.2. The van der Waals surface area contributed by atoms with Gasteiger partial charge in [-0.2, -0.15) is 0 Å². The fourth-order valence-electron chi connectivity index (χ4n) is 3.60. The average molecular weight is 519 g/mol. The standard InChI is InChI=1S/C24H20Cl2N2O7/c1-13-11-27-24(32)28(21(13)29)20-10-18(35-23(31)15-4-8-17(26)9-5-15)19(34-20)12-33-22(30)14-2-6-16(25)7-3-14/h2-9,11,18-20H,10,12H2,1H3,(H,27,32)/t18?,19-,20-/m1/s1. The number of aryl methyl sites for hydroxylation is 1. The van der Waals surface area contributed by atoms with Crippen LogP contribution in [0.3, 0.4) is 0 Å². The summed E-state index contributed by atoms with van der Waals surface area (Å²) < 4.78 is 17.8. The van der Waals surface area contributed by atoms with Crippen molar-refractivity contribution in [1.82, 2.24) is 9.55 Å². The number of benzene rings is 2. The smallest absolute Gasteiger partial charge is 0.338 e. The Balaban J connectivity index is 1.55. The number of H-pyrrole nitrogens is 1. The Morgan fingerprint density at radius 2 is 1.57 bits per heavy atom. The lowest BCUT2D eigenvalue weighted by atomic mass is 10.1. The third kappa shape index (κ3) is 5.64. The SMILES string of the molecule is Cc1c[nH]c(=O)n([C@H]2CC(OC(=O)c3ccc(Cl)cc3)[C@@H](COC(=O)c3ccc(Cl)cc3)O2)c1=O. The van der Waals surface area contributed by atoms with Crippen LogP contribution in [0.1, 0.15) is 38.9 Å². The Morgan fingerprint density at radius 3 is 2.17 bits per heavy atom. The summed E-state index contributed by atoms with van der Waals surface area (Å²) in [4.78, 5) is 52.6. The minimum atomic E-state index is -1.03. The quantitative estimate of drug-likeness (QED) is 0.496. The number of aromatic nitrogens is 2. The highest BCUT2D eigenvalue weighted by atomic mass is 35.5. The minimum Gasteiger partial charge on any atom is -0.459 e. The summed E-state index contributed by atoms with van der Waals surface area (Å²) in [6.45, 7) is 1.27. The van der Waals surface area contributed by atoms with Gasteiger partial charge in [0, 0.05) is 28.2 Å². The number of carbonyl (C=O) groups is 2. The molecule has 1 aliphatic heterocycles. The van der Waals surface area contributed by atoms with E-state index in [0.717, 1.165) is 4.57 Å². The first-order valence-corrected chi connectivity index (χ1v) is 11.3. The summed E-state index contributed by atoms with van der Waals surface area (Å²) in [6.07, 6.45) is -1.57. The van der Waals surface area contributed by atoms with Crippen LogP contribution in [0.4, 0.5) is 0 Å². The van der Waals surface area contributed by atoms with Gasteiger partial charge in [0.2, 0.25) is 0 Å². The van der Waals surface area contributed by atoms with E-state index in [9.17, 15) is 19.2 Å². The van der Waals surface area contributed by atoms with Crippen molar-refractivity contribution in [3.05, 3.63) is 102 Å². The molecule has 0 amide bonds. The Labute approximate surface area is 209 Å². The second-order valence-corrected chi connectivity index (χ2v) is 8.75. The Morgan fingerprint density at radius 1 is 1.00 bits per heavy atom.